The van der Waals surface area contributed by atoms with Gasteiger partial charge in [-0.05, 0) is 31.6 Å². The Morgan fingerprint density at radius 2 is 0.475 bits per heavy atom. The zero-order valence-corrected chi connectivity index (χ0v) is 67.8. The molecule has 0 amide bonds. The van der Waals surface area contributed by atoms with Crippen molar-refractivity contribution in [2.75, 3.05) is 39.6 Å². The van der Waals surface area contributed by atoms with Crippen LogP contribution in [0.15, 0.2) is 0 Å². The van der Waals surface area contributed by atoms with E-state index in [2.05, 4.69) is 34.6 Å². The van der Waals surface area contributed by atoms with Crippen molar-refractivity contribution in [3.05, 3.63) is 0 Å². The summed E-state index contributed by atoms with van der Waals surface area (Å²) in [7, 11) is -9.92. The number of hydrogen-bond acceptors (Lipinski definition) is 15. The minimum Gasteiger partial charge on any atom is -0.462 e. The van der Waals surface area contributed by atoms with Gasteiger partial charge in [0, 0.05) is 25.7 Å². The first-order valence-corrected chi connectivity index (χ1v) is 45.7. The van der Waals surface area contributed by atoms with Crippen LogP contribution >= 0.6 is 15.6 Å². The molecule has 0 aliphatic carbocycles. The molecule has 0 rings (SSSR count). The van der Waals surface area contributed by atoms with Gasteiger partial charge >= 0.3 is 39.5 Å². The van der Waals surface area contributed by atoms with Crippen LogP contribution in [0.2, 0.25) is 0 Å². The van der Waals surface area contributed by atoms with E-state index in [1.165, 1.54) is 263 Å². The first-order valence-electron chi connectivity index (χ1n) is 42.7. The van der Waals surface area contributed by atoms with Crippen molar-refractivity contribution in [3.63, 3.8) is 0 Å². The third-order valence-electron chi connectivity index (χ3n) is 19.6. The minimum atomic E-state index is -4.96. The molecule has 17 nitrogen and oxygen atoms in total. The molecule has 6 atom stereocenters. The van der Waals surface area contributed by atoms with E-state index in [9.17, 15) is 43.2 Å². The molecule has 0 radical (unpaired) electrons. The third-order valence-corrected chi connectivity index (χ3v) is 21.5. The number of phosphoric ester groups is 2. The zero-order valence-electron chi connectivity index (χ0n) is 66.1. The Morgan fingerprint density at radius 1 is 0.277 bits per heavy atom. The Hall–Kier alpha value is -1.94. The average molecular weight is 1480 g/mol. The van der Waals surface area contributed by atoms with E-state index in [0.717, 1.165) is 95.8 Å². The maximum Gasteiger partial charge on any atom is 0.472 e. The van der Waals surface area contributed by atoms with Crippen LogP contribution in [-0.2, 0) is 65.4 Å². The molecule has 0 aromatic carbocycles. The maximum absolute atomic E-state index is 13.1. The topological polar surface area (TPSA) is 237 Å². The first kappa shape index (κ1) is 99.1. The average Bonchev–Trinajstić information content (AvgIpc) is 0.928. The number of hydrogen-bond donors (Lipinski definition) is 3. The van der Waals surface area contributed by atoms with Crippen molar-refractivity contribution in [2.45, 2.75) is 457 Å². The summed E-state index contributed by atoms with van der Waals surface area (Å²) in [6.45, 7) is 7.32. The number of rotatable bonds is 82. The Balaban J connectivity index is 5.21. The van der Waals surface area contributed by atoms with Gasteiger partial charge in [-0.15, -0.1) is 0 Å². The smallest absolute Gasteiger partial charge is 0.462 e. The Morgan fingerprint density at radius 3 is 0.703 bits per heavy atom. The molecule has 0 spiro atoms. The molecule has 19 heteroatoms. The molecule has 0 heterocycles. The minimum absolute atomic E-state index is 0.106. The van der Waals surface area contributed by atoms with Gasteiger partial charge in [0.2, 0.25) is 0 Å². The number of ether oxygens (including phenoxy) is 4. The molecule has 600 valence electrons. The van der Waals surface area contributed by atoms with Crippen molar-refractivity contribution in [2.24, 2.45) is 5.92 Å². The van der Waals surface area contributed by atoms with Gasteiger partial charge in [-0.3, -0.25) is 37.3 Å². The van der Waals surface area contributed by atoms with Crippen molar-refractivity contribution in [3.8, 4) is 0 Å². The van der Waals surface area contributed by atoms with Gasteiger partial charge in [0.15, 0.2) is 12.2 Å². The molecule has 0 aliphatic rings. The van der Waals surface area contributed by atoms with Crippen molar-refractivity contribution in [1.29, 1.82) is 0 Å². The highest BCUT2D eigenvalue weighted by Crippen LogP contribution is 2.45. The lowest BCUT2D eigenvalue weighted by atomic mass is 9.99. The van der Waals surface area contributed by atoms with Crippen LogP contribution in [-0.4, -0.2) is 96.7 Å². The molecule has 0 saturated carbocycles. The van der Waals surface area contributed by atoms with E-state index in [1.807, 2.05) is 0 Å². The Labute approximate surface area is 619 Å². The number of carbonyl (C=O) groups excluding carboxylic acids is 4. The lowest BCUT2D eigenvalue weighted by Gasteiger charge is -2.21. The summed E-state index contributed by atoms with van der Waals surface area (Å²) >= 11 is 0. The van der Waals surface area contributed by atoms with Gasteiger partial charge in [-0.2, -0.15) is 0 Å². The number of phosphoric acid groups is 2. The largest absolute Gasteiger partial charge is 0.472 e. The molecule has 0 bridgehead atoms. The highest BCUT2D eigenvalue weighted by atomic mass is 31.2. The van der Waals surface area contributed by atoms with Gasteiger partial charge < -0.3 is 33.8 Å². The maximum atomic E-state index is 13.1. The third kappa shape index (κ3) is 74.7. The van der Waals surface area contributed by atoms with E-state index >= 15 is 0 Å². The number of unbranched alkanes of at least 4 members (excludes halogenated alkanes) is 53. The van der Waals surface area contributed by atoms with E-state index < -0.39 is 97.5 Å². The van der Waals surface area contributed by atoms with Crippen LogP contribution in [0.5, 0.6) is 0 Å². The summed E-state index contributed by atoms with van der Waals surface area (Å²) in [6, 6.07) is 0. The highest BCUT2D eigenvalue weighted by Gasteiger charge is 2.30. The lowest BCUT2D eigenvalue weighted by Crippen LogP contribution is -2.30. The van der Waals surface area contributed by atoms with Gasteiger partial charge in [-0.1, -0.05) is 388 Å². The van der Waals surface area contributed by atoms with Crippen molar-refractivity contribution in [1.82, 2.24) is 0 Å². The van der Waals surface area contributed by atoms with Crippen LogP contribution in [0.1, 0.15) is 439 Å². The summed E-state index contributed by atoms with van der Waals surface area (Å²) in [5.41, 5.74) is 0. The SMILES string of the molecule is CCCCCCCCCCCCCCCCCCCCCCCC(=O)O[C@H](COC(=O)CCCCCCCCCCCCCCCCCCCC)COP(=O)(O)OC[C@@H](O)COP(=O)(O)OC[C@@H](COC(=O)CCCCCCCCCCCC)OC(=O)CCCCCCCCCCC(C)CC. The van der Waals surface area contributed by atoms with Crippen LogP contribution in [0.4, 0.5) is 0 Å². The summed E-state index contributed by atoms with van der Waals surface area (Å²) in [5, 5.41) is 10.6. The van der Waals surface area contributed by atoms with Crippen LogP contribution in [0.25, 0.3) is 0 Å². The highest BCUT2D eigenvalue weighted by molar-refractivity contribution is 7.47. The van der Waals surface area contributed by atoms with E-state index in [-0.39, 0.29) is 25.7 Å². The summed E-state index contributed by atoms with van der Waals surface area (Å²) in [4.78, 5) is 73.0. The number of aliphatic hydroxyl groups excluding tert-OH is 1. The molecule has 0 saturated heterocycles. The second-order valence-corrected chi connectivity index (χ2v) is 32.7. The standard InChI is InChI=1S/C82H160O17P2/c1-6-10-13-16-19-22-25-27-29-31-33-34-35-37-39-41-43-46-52-57-62-67-81(86)98-77(71-93-80(85)66-61-56-51-45-42-40-38-36-32-30-28-26-23-20-17-14-11-7-2)73-96-100(88,89)94-69-76(83)70-95-101(90,91)97-74-78(72-92-79(84)65-60-55-50-44-24-21-18-15-12-8-3)99-82(87)68-63-58-53-48-47-49-54-59-64-75(5)9-4/h75-78,83H,6-74H2,1-5H3,(H,88,89)(H,90,91)/t75?,76-,77-,78-/m1/s1. The molecule has 0 aromatic heterocycles. The quantitative estimate of drug-likeness (QED) is 0.0222. The van der Waals surface area contributed by atoms with Crippen LogP contribution < -0.4 is 0 Å². The molecule has 0 fully saturated rings. The fourth-order valence-corrected chi connectivity index (χ4v) is 14.3. The second kappa shape index (κ2) is 74.9. The van der Waals surface area contributed by atoms with Gasteiger partial charge in [0.1, 0.15) is 19.3 Å². The van der Waals surface area contributed by atoms with Crippen molar-refractivity contribution >= 4 is 39.5 Å². The predicted molar refractivity (Wildman–Crippen MR) is 414 cm³/mol. The number of aliphatic hydroxyl groups is 1. The summed E-state index contributed by atoms with van der Waals surface area (Å²) < 4.78 is 68.7. The van der Waals surface area contributed by atoms with E-state index in [4.69, 9.17) is 37.0 Å². The first-order chi connectivity index (χ1) is 49.1. The fraction of sp³-hybridized carbons (Fsp3) is 0.951. The summed E-state index contributed by atoms with van der Waals surface area (Å²) in [5.74, 6) is -1.34. The molecule has 0 aromatic rings. The van der Waals surface area contributed by atoms with Gasteiger partial charge in [0.25, 0.3) is 0 Å². The van der Waals surface area contributed by atoms with Crippen molar-refractivity contribution < 1.29 is 80.2 Å². The molecule has 3 N–H and O–H groups in total. The zero-order chi connectivity index (χ0) is 74.1. The monoisotopic (exact) mass is 1480 g/mol. The Bertz CT molecular complexity index is 1930. The van der Waals surface area contributed by atoms with Crippen LogP contribution in [0.3, 0.4) is 0 Å². The van der Waals surface area contributed by atoms with E-state index in [1.54, 1.807) is 0 Å². The number of esters is 4. The Kier molecular flexibility index (Phi) is 73.5. The molecular formula is C82H160O17P2. The lowest BCUT2D eigenvalue weighted by molar-refractivity contribution is -0.161. The molecule has 3 unspecified atom stereocenters. The fourth-order valence-electron chi connectivity index (χ4n) is 12.7. The van der Waals surface area contributed by atoms with Gasteiger partial charge in [0.05, 0.1) is 26.4 Å². The molecule has 101 heavy (non-hydrogen) atoms. The van der Waals surface area contributed by atoms with Crippen LogP contribution in [0, 0.1) is 5.92 Å². The van der Waals surface area contributed by atoms with E-state index in [0.29, 0.717) is 25.7 Å². The molecule has 0 aliphatic heterocycles. The molecular weight excluding hydrogens is 1320 g/mol. The summed E-state index contributed by atoms with van der Waals surface area (Å²) in [6.07, 6.45) is 66.7. The second-order valence-electron chi connectivity index (χ2n) is 29.8. The predicted octanol–water partition coefficient (Wildman–Crippen LogP) is 24.8. The number of carbonyl (C=O) groups is 4. The normalized spacial score (nSPS) is 14.1. The van der Waals surface area contributed by atoms with Gasteiger partial charge in [-0.25, -0.2) is 9.13 Å².